The lowest BCUT2D eigenvalue weighted by atomic mass is 9.98. The summed E-state index contributed by atoms with van der Waals surface area (Å²) in [6, 6.07) is 25.1. The average molecular weight is 288 g/mol. The Morgan fingerprint density at radius 2 is 1.33 bits per heavy atom. The van der Waals surface area contributed by atoms with Gasteiger partial charge in [0, 0.05) is 5.56 Å². The summed E-state index contributed by atoms with van der Waals surface area (Å²) < 4.78 is 5.25. The molecule has 0 aliphatic rings. The molecule has 1 heterocycles. The number of hydrogen-bond acceptors (Lipinski definition) is 3. The molecule has 0 unspecified atom stereocenters. The predicted octanol–water partition coefficient (Wildman–Crippen LogP) is 5.03. The maximum Gasteiger partial charge on any atom is 0.107 e. The SMILES string of the molecule is c1ccc(-c2cc(-c3ccccc3)c3snnc3c2)cc1. The Balaban J connectivity index is 2.00. The number of rotatable bonds is 2. The fourth-order valence-electron chi connectivity index (χ4n) is 2.52. The van der Waals surface area contributed by atoms with Gasteiger partial charge in [-0.1, -0.05) is 65.2 Å². The molecule has 1 aromatic heterocycles. The van der Waals surface area contributed by atoms with E-state index in [4.69, 9.17) is 0 Å². The van der Waals surface area contributed by atoms with Crippen LogP contribution in [-0.4, -0.2) is 9.59 Å². The van der Waals surface area contributed by atoms with E-state index in [9.17, 15) is 0 Å². The third-order valence-electron chi connectivity index (χ3n) is 3.54. The van der Waals surface area contributed by atoms with Crippen LogP contribution in [0.25, 0.3) is 32.5 Å². The van der Waals surface area contributed by atoms with Crippen LogP contribution < -0.4 is 0 Å². The van der Waals surface area contributed by atoms with Gasteiger partial charge in [-0.3, -0.25) is 0 Å². The molecule has 0 saturated heterocycles. The molecule has 0 saturated carbocycles. The summed E-state index contributed by atoms with van der Waals surface area (Å²) in [7, 11) is 0. The first-order valence-electron chi connectivity index (χ1n) is 6.79. The molecule has 4 rings (SSSR count). The zero-order chi connectivity index (χ0) is 14.1. The van der Waals surface area contributed by atoms with E-state index in [-0.39, 0.29) is 0 Å². The predicted molar refractivity (Wildman–Crippen MR) is 88.3 cm³/mol. The van der Waals surface area contributed by atoms with Gasteiger partial charge in [0.1, 0.15) is 5.52 Å². The van der Waals surface area contributed by atoms with E-state index in [0.29, 0.717) is 0 Å². The zero-order valence-electron chi connectivity index (χ0n) is 11.2. The summed E-state index contributed by atoms with van der Waals surface area (Å²) in [5.74, 6) is 0. The van der Waals surface area contributed by atoms with Crippen molar-refractivity contribution in [1.29, 1.82) is 0 Å². The van der Waals surface area contributed by atoms with Crippen LogP contribution in [0.2, 0.25) is 0 Å². The number of nitrogens with zero attached hydrogens (tertiary/aromatic N) is 2. The minimum absolute atomic E-state index is 0.959. The van der Waals surface area contributed by atoms with Gasteiger partial charge in [-0.2, -0.15) is 0 Å². The van der Waals surface area contributed by atoms with Crippen LogP contribution in [0.15, 0.2) is 72.8 Å². The molecule has 0 atom stereocenters. The molecule has 0 radical (unpaired) electrons. The highest BCUT2D eigenvalue weighted by Gasteiger charge is 2.10. The highest BCUT2D eigenvalue weighted by Crippen LogP contribution is 2.34. The van der Waals surface area contributed by atoms with E-state index in [1.165, 1.54) is 33.8 Å². The quantitative estimate of drug-likeness (QED) is 0.517. The van der Waals surface area contributed by atoms with Gasteiger partial charge >= 0.3 is 0 Å². The zero-order valence-corrected chi connectivity index (χ0v) is 12.0. The van der Waals surface area contributed by atoms with Crippen LogP contribution >= 0.6 is 11.5 Å². The molecule has 100 valence electrons. The Morgan fingerprint density at radius 3 is 2.05 bits per heavy atom. The Morgan fingerprint density at radius 1 is 0.667 bits per heavy atom. The molecule has 4 aromatic rings. The second kappa shape index (κ2) is 5.11. The molecule has 0 aliphatic carbocycles. The van der Waals surface area contributed by atoms with Gasteiger partial charge in [-0.25, -0.2) is 0 Å². The van der Waals surface area contributed by atoms with Crippen LogP contribution in [0.1, 0.15) is 0 Å². The molecule has 21 heavy (non-hydrogen) atoms. The van der Waals surface area contributed by atoms with Crippen molar-refractivity contribution >= 4 is 21.7 Å². The van der Waals surface area contributed by atoms with Crippen LogP contribution in [0.4, 0.5) is 0 Å². The van der Waals surface area contributed by atoms with Crippen molar-refractivity contribution in [3.8, 4) is 22.3 Å². The van der Waals surface area contributed by atoms with Crippen LogP contribution in [-0.2, 0) is 0 Å². The third-order valence-corrected chi connectivity index (χ3v) is 4.32. The number of aromatic nitrogens is 2. The third kappa shape index (κ3) is 2.22. The van der Waals surface area contributed by atoms with Gasteiger partial charge < -0.3 is 0 Å². The largest absolute Gasteiger partial charge is 0.138 e. The molecule has 3 aromatic carbocycles. The Labute approximate surface area is 126 Å². The molecular formula is C18H12N2S. The van der Waals surface area contributed by atoms with Crippen molar-refractivity contribution in [1.82, 2.24) is 9.59 Å². The normalized spacial score (nSPS) is 10.9. The average Bonchev–Trinajstić information content (AvgIpc) is 3.04. The molecule has 2 nitrogen and oxygen atoms in total. The van der Waals surface area contributed by atoms with Gasteiger partial charge in [-0.05, 0) is 40.4 Å². The minimum atomic E-state index is 0.959. The highest BCUT2D eigenvalue weighted by molar-refractivity contribution is 7.13. The second-order valence-corrected chi connectivity index (χ2v) is 5.63. The highest BCUT2D eigenvalue weighted by atomic mass is 32.1. The lowest BCUT2D eigenvalue weighted by molar-refractivity contribution is 1.20. The van der Waals surface area contributed by atoms with Gasteiger partial charge in [-0.15, -0.1) is 5.10 Å². The Bertz CT molecular complexity index is 883. The number of benzene rings is 3. The molecule has 0 N–H and O–H groups in total. The van der Waals surface area contributed by atoms with Crippen molar-refractivity contribution in [3.63, 3.8) is 0 Å². The summed E-state index contributed by atoms with van der Waals surface area (Å²) in [5.41, 5.74) is 5.73. The van der Waals surface area contributed by atoms with Crippen molar-refractivity contribution in [2.75, 3.05) is 0 Å². The Kier molecular flexibility index (Phi) is 2.98. The fourth-order valence-corrected chi connectivity index (χ4v) is 3.20. The van der Waals surface area contributed by atoms with Crippen molar-refractivity contribution in [2.45, 2.75) is 0 Å². The summed E-state index contributed by atoms with van der Waals surface area (Å²) in [4.78, 5) is 0. The summed E-state index contributed by atoms with van der Waals surface area (Å²) in [6.45, 7) is 0. The smallest absolute Gasteiger partial charge is 0.107 e. The molecule has 0 aliphatic heterocycles. The summed E-state index contributed by atoms with van der Waals surface area (Å²) in [5, 5.41) is 4.26. The fraction of sp³-hybridized carbons (Fsp3) is 0. The number of fused-ring (bicyclic) bond motifs is 1. The van der Waals surface area contributed by atoms with E-state index >= 15 is 0 Å². The summed E-state index contributed by atoms with van der Waals surface area (Å²) in [6.07, 6.45) is 0. The van der Waals surface area contributed by atoms with Gasteiger partial charge in [0.2, 0.25) is 0 Å². The Hall–Kier alpha value is -2.52. The van der Waals surface area contributed by atoms with E-state index < -0.39 is 0 Å². The van der Waals surface area contributed by atoms with Crippen molar-refractivity contribution < 1.29 is 0 Å². The molecule has 3 heteroatoms. The first-order chi connectivity index (χ1) is 10.4. The molecule has 0 spiro atoms. The molecule has 0 fully saturated rings. The second-order valence-electron chi connectivity index (χ2n) is 4.88. The molecular weight excluding hydrogens is 276 g/mol. The topological polar surface area (TPSA) is 25.8 Å². The maximum atomic E-state index is 4.26. The minimum Gasteiger partial charge on any atom is -0.138 e. The molecule has 0 bridgehead atoms. The number of hydrogen-bond donors (Lipinski definition) is 0. The lowest BCUT2D eigenvalue weighted by Gasteiger charge is -2.07. The van der Waals surface area contributed by atoms with E-state index in [1.807, 2.05) is 12.1 Å². The van der Waals surface area contributed by atoms with Crippen molar-refractivity contribution in [3.05, 3.63) is 72.8 Å². The van der Waals surface area contributed by atoms with E-state index in [1.54, 1.807) is 0 Å². The van der Waals surface area contributed by atoms with Gasteiger partial charge in [0.05, 0.1) is 4.70 Å². The molecule has 0 amide bonds. The first kappa shape index (κ1) is 12.2. The lowest BCUT2D eigenvalue weighted by Crippen LogP contribution is -1.83. The monoisotopic (exact) mass is 288 g/mol. The maximum absolute atomic E-state index is 4.26. The van der Waals surface area contributed by atoms with Gasteiger partial charge in [0.15, 0.2) is 0 Å². The van der Waals surface area contributed by atoms with E-state index in [2.05, 4.69) is 70.3 Å². The van der Waals surface area contributed by atoms with Crippen LogP contribution in [0, 0.1) is 0 Å². The van der Waals surface area contributed by atoms with Crippen LogP contribution in [0.3, 0.4) is 0 Å². The standard InChI is InChI=1S/C18H12N2S/c1-3-7-13(8-4-1)15-11-16(14-9-5-2-6-10-14)18-17(12-15)19-20-21-18/h1-12H. The van der Waals surface area contributed by atoms with E-state index in [0.717, 1.165) is 10.2 Å². The first-order valence-corrected chi connectivity index (χ1v) is 7.56. The van der Waals surface area contributed by atoms with Gasteiger partial charge in [0.25, 0.3) is 0 Å². The van der Waals surface area contributed by atoms with Crippen molar-refractivity contribution in [2.24, 2.45) is 0 Å². The summed E-state index contributed by atoms with van der Waals surface area (Å²) >= 11 is 1.45. The van der Waals surface area contributed by atoms with Crippen LogP contribution in [0.5, 0.6) is 0 Å².